The van der Waals surface area contributed by atoms with Crippen LogP contribution in [0.2, 0.25) is 0 Å². The van der Waals surface area contributed by atoms with Crippen LogP contribution in [0, 0.1) is 6.92 Å². The largest absolute Gasteiger partial charge is 0.492 e. The van der Waals surface area contributed by atoms with E-state index >= 15 is 0 Å². The molecule has 5 aromatic rings. The predicted molar refractivity (Wildman–Crippen MR) is 153 cm³/mol. The van der Waals surface area contributed by atoms with Gasteiger partial charge in [0.05, 0.1) is 36.4 Å². The fraction of sp³-hybridized carbons (Fsp3) is 0.276. The maximum atomic E-state index is 12.4. The Balaban J connectivity index is 1.18. The summed E-state index contributed by atoms with van der Waals surface area (Å²) in [6.45, 7) is 6.66. The quantitative estimate of drug-likeness (QED) is 0.278. The number of ether oxygens (including phenoxy) is 2. The van der Waals surface area contributed by atoms with Crippen molar-refractivity contribution in [2.45, 2.75) is 13.3 Å². The third-order valence-electron chi connectivity index (χ3n) is 6.82. The van der Waals surface area contributed by atoms with Crippen LogP contribution in [0.1, 0.15) is 11.5 Å². The SMILES string of the molecule is Cc1cc(CC(=O)Nc2ccc(-n3nc(-c4ccc(OCCN5CCOCC5)cc4)c4c(N)ncnc43)cc2)no1. The normalized spacial score (nSPS) is 13.9. The summed E-state index contributed by atoms with van der Waals surface area (Å²) in [5.41, 5.74) is 10.4. The summed E-state index contributed by atoms with van der Waals surface area (Å²) in [5.74, 6) is 1.60. The van der Waals surface area contributed by atoms with Crippen molar-refractivity contribution in [3.05, 3.63) is 72.4 Å². The van der Waals surface area contributed by atoms with E-state index in [-0.39, 0.29) is 12.3 Å². The monoisotopic (exact) mass is 554 g/mol. The molecule has 1 fully saturated rings. The number of hydrogen-bond acceptors (Lipinski definition) is 10. The lowest BCUT2D eigenvalue weighted by Gasteiger charge is -2.26. The number of fused-ring (bicyclic) bond motifs is 1. The first-order valence-corrected chi connectivity index (χ1v) is 13.4. The molecule has 0 saturated carbocycles. The van der Waals surface area contributed by atoms with Gasteiger partial charge >= 0.3 is 0 Å². The second kappa shape index (κ2) is 11.7. The minimum atomic E-state index is -0.188. The average molecular weight is 555 g/mol. The third-order valence-corrected chi connectivity index (χ3v) is 6.82. The molecule has 210 valence electrons. The first-order valence-electron chi connectivity index (χ1n) is 13.4. The van der Waals surface area contributed by atoms with Crippen molar-refractivity contribution in [2.75, 3.05) is 50.5 Å². The molecule has 0 radical (unpaired) electrons. The van der Waals surface area contributed by atoms with E-state index in [1.165, 1.54) is 6.33 Å². The zero-order valence-electron chi connectivity index (χ0n) is 22.6. The molecule has 0 bridgehead atoms. The van der Waals surface area contributed by atoms with Crippen molar-refractivity contribution >= 4 is 28.4 Å². The Morgan fingerprint density at radius 1 is 1.07 bits per heavy atom. The summed E-state index contributed by atoms with van der Waals surface area (Å²) < 4.78 is 18.1. The number of aromatic nitrogens is 5. The molecule has 4 heterocycles. The molecule has 3 N–H and O–H groups in total. The number of hydrogen-bond donors (Lipinski definition) is 2. The van der Waals surface area contributed by atoms with Gasteiger partial charge < -0.3 is 25.0 Å². The highest BCUT2D eigenvalue weighted by Crippen LogP contribution is 2.32. The molecular formula is C29H30N8O4. The van der Waals surface area contributed by atoms with Crippen LogP contribution in [0.25, 0.3) is 28.0 Å². The van der Waals surface area contributed by atoms with Crippen LogP contribution in [-0.4, -0.2) is 75.2 Å². The molecule has 0 unspecified atom stereocenters. The van der Waals surface area contributed by atoms with Gasteiger partial charge in [-0.2, -0.15) is 5.10 Å². The number of anilines is 2. The van der Waals surface area contributed by atoms with Crippen LogP contribution in [-0.2, 0) is 16.0 Å². The lowest BCUT2D eigenvalue weighted by molar-refractivity contribution is -0.115. The lowest BCUT2D eigenvalue weighted by Crippen LogP contribution is -2.38. The van der Waals surface area contributed by atoms with Gasteiger partial charge in [-0.05, 0) is 55.5 Å². The topological polar surface area (TPSA) is 146 Å². The van der Waals surface area contributed by atoms with Gasteiger partial charge in [0.1, 0.15) is 36.0 Å². The van der Waals surface area contributed by atoms with Crippen molar-refractivity contribution in [3.8, 4) is 22.7 Å². The maximum Gasteiger partial charge on any atom is 0.230 e. The number of amides is 1. The standard InChI is InChI=1S/C29H30N8O4/c1-19-16-22(35-41-19)17-25(38)33-21-4-6-23(7-5-21)37-29-26(28(30)31-18-32-29)27(34-37)20-2-8-24(9-3-20)40-15-12-36-10-13-39-14-11-36/h2-9,16,18H,10-15,17H2,1H3,(H,33,38)(H2,30,31,32). The molecular weight excluding hydrogens is 524 g/mol. The lowest BCUT2D eigenvalue weighted by atomic mass is 10.1. The van der Waals surface area contributed by atoms with Gasteiger partial charge in [-0.25, -0.2) is 14.6 Å². The minimum absolute atomic E-state index is 0.125. The molecule has 3 aromatic heterocycles. The Morgan fingerprint density at radius 2 is 1.85 bits per heavy atom. The summed E-state index contributed by atoms with van der Waals surface area (Å²) in [6, 6.07) is 16.8. The molecule has 2 aromatic carbocycles. The zero-order chi connectivity index (χ0) is 28.2. The Hall–Kier alpha value is -4.81. The fourth-order valence-electron chi connectivity index (χ4n) is 4.74. The molecule has 0 spiro atoms. The number of nitrogens with two attached hydrogens (primary N) is 1. The second-order valence-electron chi connectivity index (χ2n) is 9.75. The van der Waals surface area contributed by atoms with Crippen molar-refractivity contribution in [1.29, 1.82) is 0 Å². The molecule has 12 nitrogen and oxygen atoms in total. The van der Waals surface area contributed by atoms with Crippen molar-refractivity contribution in [1.82, 2.24) is 29.8 Å². The van der Waals surface area contributed by atoms with Crippen molar-refractivity contribution in [3.63, 3.8) is 0 Å². The van der Waals surface area contributed by atoms with E-state index in [0.717, 1.165) is 49.8 Å². The van der Waals surface area contributed by atoms with Crippen molar-refractivity contribution < 1.29 is 18.8 Å². The Morgan fingerprint density at radius 3 is 2.59 bits per heavy atom. The summed E-state index contributed by atoms with van der Waals surface area (Å²) >= 11 is 0. The number of nitrogen functional groups attached to an aromatic ring is 1. The van der Waals surface area contributed by atoms with E-state index in [2.05, 4.69) is 25.3 Å². The number of nitrogens with zero attached hydrogens (tertiary/aromatic N) is 6. The molecule has 1 aliphatic heterocycles. The first kappa shape index (κ1) is 26.4. The molecule has 12 heteroatoms. The molecule has 0 aliphatic carbocycles. The van der Waals surface area contributed by atoms with Crippen LogP contribution >= 0.6 is 0 Å². The molecule has 1 amide bonds. The minimum Gasteiger partial charge on any atom is -0.492 e. The smallest absolute Gasteiger partial charge is 0.230 e. The van der Waals surface area contributed by atoms with Crippen LogP contribution in [0.3, 0.4) is 0 Å². The van der Waals surface area contributed by atoms with Gasteiger partial charge in [0.2, 0.25) is 5.91 Å². The Kier molecular flexibility index (Phi) is 7.56. The number of aryl methyl sites for hydroxylation is 1. The highest BCUT2D eigenvalue weighted by atomic mass is 16.5. The van der Waals surface area contributed by atoms with Gasteiger partial charge in [-0.3, -0.25) is 9.69 Å². The van der Waals surface area contributed by atoms with E-state index in [9.17, 15) is 4.79 Å². The molecule has 1 saturated heterocycles. The van der Waals surface area contributed by atoms with Gasteiger partial charge in [-0.15, -0.1) is 0 Å². The average Bonchev–Trinajstić information content (AvgIpc) is 3.58. The van der Waals surface area contributed by atoms with Gasteiger partial charge in [0.25, 0.3) is 0 Å². The van der Waals surface area contributed by atoms with E-state index < -0.39 is 0 Å². The summed E-state index contributed by atoms with van der Waals surface area (Å²) in [4.78, 5) is 23.4. The predicted octanol–water partition coefficient (Wildman–Crippen LogP) is 3.25. The third kappa shape index (κ3) is 6.03. The summed E-state index contributed by atoms with van der Waals surface area (Å²) in [5, 5.41) is 12.3. The number of nitrogens with one attached hydrogen (secondary N) is 1. The van der Waals surface area contributed by atoms with E-state index in [0.29, 0.717) is 46.3 Å². The number of morpholine rings is 1. The highest BCUT2D eigenvalue weighted by molar-refractivity contribution is 5.99. The van der Waals surface area contributed by atoms with Gasteiger partial charge in [0, 0.05) is 37.0 Å². The van der Waals surface area contributed by atoms with E-state index in [1.807, 2.05) is 48.5 Å². The molecule has 1 aliphatic rings. The van der Waals surface area contributed by atoms with Crippen LogP contribution in [0.4, 0.5) is 11.5 Å². The summed E-state index contributed by atoms with van der Waals surface area (Å²) in [6.07, 6.45) is 1.55. The summed E-state index contributed by atoms with van der Waals surface area (Å²) in [7, 11) is 0. The maximum absolute atomic E-state index is 12.4. The molecule has 6 rings (SSSR count). The number of rotatable bonds is 9. The zero-order valence-corrected chi connectivity index (χ0v) is 22.6. The van der Waals surface area contributed by atoms with Crippen molar-refractivity contribution in [2.24, 2.45) is 0 Å². The van der Waals surface area contributed by atoms with Gasteiger partial charge in [0.15, 0.2) is 5.65 Å². The Labute approximate surface area is 236 Å². The van der Waals surface area contributed by atoms with E-state index in [1.54, 1.807) is 17.7 Å². The second-order valence-corrected chi connectivity index (χ2v) is 9.75. The first-order chi connectivity index (χ1) is 20.0. The number of carbonyl (C=O) groups excluding carboxylic acids is 1. The Bertz CT molecular complexity index is 1640. The van der Waals surface area contributed by atoms with E-state index in [4.69, 9.17) is 24.8 Å². The molecule has 0 atom stereocenters. The highest BCUT2D eigenvalue weighted by Gasteiger charge is 2.18. The molecule has 41 heavy (non-hydrogen) atoms. The van der Waals surface area contributed by atoms with Crippen LogP contribution < -0.4 is 15.8 Å². The van der Waals surface area contributed by atoms with Crippen LogP contribution in [0.15, 0.2) is 65.4 Å². The fourth-order valence-corrected chi connectivity index (χ4v) is 4.74. The van der Waals surface area contributed by atoms with Crippen LogP contribution in [0.5, 0.6) is 5.75 Å². The van der Waals surface area contributed by atoms with Gasteiger partial charge in [-0.1, -0.05) is 5.16 Å². The number of benzene rings is 2. The number of carbonyl (C=O) groups is 1.